The van der Waals surface area contributed by atoms with E-state index < -0.39 is 5.60 Å². The normalized spacial score (nSPS) is 11.9. The predicted octanol–water partition coefficient (Wildman–Crippen LogP) is 4.93. The Morgan fingerprint density at radius 1 is 1.04 bits per heavy atom. The molecule has 1 N–H and O–H groups in total. The Labute approximate surface area is 150 Å². The molecular formula is C21H29NO3. The zero-order valence-electron chi connectivity index (χ0n) is 15.8. The maximum atomic E-state index is 10.9. The lowest BCUT2D eigenvalue weighted by atomic mass is 9.87. The molecule has 0 saturated heterocycles. The summed E-state index contributed by atoms with van der Waals surface area (Å²) < 4.78 is 11.6. The highest BCUT2D eigenvalue weighted by Gasteiger charge is 2.34. The largest absolute Gasteiger partial charge is 0.465 e. The van der Waals surface area contributed by atoms with Gasteiger partial charge in [-0.25, -0.2) is 0 Å². The van der Waals surface area contributed by atoms with Crippen molar-refractivity contribution in [1.82, 2.24) is 4.90 Å². The van der Waals surface area contributed by atoms with Crippen LogP contribution in [-0.2, 0) is 18.7 Å². The van der Waals surface area contributed by atoms with Crippen LogP contribution in [0.1, 0.15) is 50.2 Å². The van der Waals surface area contributed by atoms with Crippen molar-refractivity contribution in [2.24, 2.45) is 0 Å². The first-order chi connectivity index (χ1) is 11.8. The minimum Gasteiger partial charge on any atom is -0.465 e. The van der Waals surface area contributed by atoms with E-state index in [1.54, 1.807) is 19.9 Å². The van der Waals surface area contributed by atoms with Crippen molar-refractivity contribution in [2.45, 2.75) is 52.8 Å². The first-order valence-corrected chi connectivity index (χ1v) is 8.68. The Kier molecular flexibility index (Phi) is 6.09. The van der Waals surface area contributed by atoms with Crippen molar-refractivity contribution in [3.8, 4) is 0 Å². The van der Waals surface area contributed by atoms with E-state index in [0.29, 0.717) is 23.5 Å². The molecule has 2 rings (SSSR count). The molecule has 4 heteroatoms. The molecule has 0 aliphatic heterocycles. The topological polar surface area (TPSA) is 49.8 Å². The van der Waals surface area contributed by atoms with Crippen molar-refractivity contribution in [3.05, 3.63) is 71.6 Å². The van der Waals surface area contributed by atoms with Crippen LogP contribution >= 0.6 is 0 Å². The lowest BCUT2D eigenvalue weighted by Crippen LogP contribution is -2.27. The van der Waals surface area contributed by atoms with Gasteiger partial charge in [0.2, 0.25) is 0 Å². The Bertz CT molecular complexity index is 724. The summed E-state index contributed by atoms with van der Waals surface area (Å²) in [6.07, 6.45) is 1.04. The summed E-state index contributed by atoms with van der Waals surface area (Å²) in [7, 11) is 0. The highest BCUT2D eigenvalue weighted by Crippen LogP contribution is 2.36. The molecule has 2 aromatic rings. The number of aryl methyl sites for hydroxylation is 1. The average Bonchev–Trinajstić information content (AvgIpc) is 3.15. The van der Waals surface area contributed by atoms with Crippen molar-refractivity contribution in [1.29, 1.82) is 0 Å². The van der Waals surface area contributed by atoms with E-state index in [4.69, 9.17) is 8.83 Å². The Morgan fingerprint density at radius 3 is 2.08 bits per heavy atom. The van der Waals surface area contributed by atoms with Gasteiger partial charge in [0.15, 0.2) is 5.60 Å². The molecule has 0 aliphatic carbocycles. The third-order valence-electron chi connectivity index (χ3n) is 4.35. The van der Waals surface area contributed by atoms with Crippen LogP contribution in [0.5, 0.6) is 0 Å². The van der Waals surface area contributed by atoms with Crippen LogP contribution in [0.15, 0.2) is 57.4 Å². The van der Waals surface area contributed by atoms with Gasteiger partial charge in [-0.15, -0.1) is 0 Å². The quantitative estimate of drug-likeness (QED) is 0.656. The second-order valence-electron chi connectivity index (χ2n) is 6.76. The fourth-order valence-electron chi connectivity index (χ4n) is 2.98. The summed E-state index contributed by atoms with van der Waals surface area (Å²) in [5, 5.41) is 10.9. The molecule has 25 heavy (non-hydrogen) atoms. The van der Waals surface area contributed by atoms with Crippen LogP contribution in [-0.4, -0.2) is 16.6 Å². The number of rotatable bonds is 9. The van der Waals surface area contributed by atoms with Gasteiger partial charge in [-0.3, -0.25) is 4.90 Å². The van der Waals surface area contributed by atoms with Gasteiger partial charge in [-0.05, 0) is 69.1 Å². The summed E-state index contributed by atoms with van der Waals surface area (Å²) in [5.41, 5.74) is -0.138. The molecule has 0 atom stereocenters. The van der Waals surface area contributed by atoms with Crippen LogP contribution in [0.3, 0.4) is 0 Å². The Morgan fingerprint density at radius 2 is 1.60 bits per heavy atom. The smallest absolute Gasteiger partial charge is 0.163 e. The van der Waals surface area contributed by atoms with E-state index in [-0.39, 0.29) is 0 Å². The highest BCUT2D eigenvalue weighted by atomic mass is 16.4. The number of hydrogen-bond donors (Lipinski definition) is 1. The van der Waals surface area contributed by atoms with Crippen molar-refractivity contribution >= 4 is 0 Å². The van der Waals surface area contributed by atoms with Crippen LogP contribution in [0, 0.1) is 6.92 Å². The molecule has 0 radical (unpaired) electrons. The first-order valence-electron chi connectivity index (χ1n) is 8.68. The van der Waals surface area contributed by atoms with Gasteiger partial charge >= 0.3 is 0 Å². The molecule has 0 bridgehead atoms. The summed E-state index contributed by atoms with van der Waals surface area (Å²) >= 11 is 0. The SMILES string of the molecule is C=C(C)C(O)(C(=C)C)c1ccc(CN(CCC)Cc2ccc(C)o2)o1. The molecule has 0 fully saturated rings. The standard InChI is InChI=1S/C21H29NO3/c1-7-12-22(13-18-9-8-17(6)24-18)14-19-10-11-20(25-19)21(23,15(2)3)16(4)5/h8-11,23H,2,4,7,12-14H2,1,3,5-6H3. The fraction of sp³-hybridized carbons (Fsp3) is 0.429. The van der Waals surface area contributed by atoms with Gasteiger partial charge in [0.1, 0.15) is 23.0 Å². The van der Waals surface area contributed by atoms with E-state index in [0.717, 1.165) is 36.8 Å². The van der Waals surface area contributed by atoms with Crippen LogP contribution < -0.4 is 0 Å². The number of aliphatic hydroxyl groups is 1. The third kappa shape index (κ3) is 4.33. The van der Waals surface area contributed by atoms with E-state index in [9.17, 15) is 5.11 Å². The average molecular weight is 343 g/mol. The summed E-state index contributed by atoms with van der Waals surface area (Å²) in [4.78, 5) is 2.27. The van der Waals surface area contributed by atoms with Crippen molar-refractivity contribution in [2.75, 3.05) is 6.54 Å². The minimum absolute atomic E-state index is 0.466. The van der Waals surface area contributed by atoms with E-state index in [1.165, 1.54) is 0 Å². The number of furan rings is 2. The zero-order valence-corrected chi connectivity index (χ0v) is 15.8. The van der Waals surface area contributed by atoms with E-state index in [1.807, 2.05) is 25.1 Å². The minimum atomic E-state index is -1.33. The zero-order chi connectivity index (χ0) is 18.6. The lowest BCUT2D eigenvalue weighted by molar-refractivity contribution is 0.0876. The highest BCUT2D eigenvalue weighted by molar-refractivity contribution is 5.35. The van der Waals surface area contributed by atoms with Gasteiger partial charge in [-0.1, -0.05) is 20.1 Å². The van der Waals surface area contributed by atoms with Crippen molar-refractivity contribution in [3.63, 3.8) is 0 Å². The number of hydrogen-bond acceptors (Lipinski definition) is 4. The molecule has 0 aliphatic rings. The maximum Gasteiger partial charge on any atom is 0.163 e. The van der Waals surface area contributed by atoms with Crippen molar-refractivity contribution < 1.29 is 13.9 Å². The third-order valence-corrected chi connectivity index (χ3v) is 4.35. The first kappa shape index (κ1) is 19.3. The molecule has 2 aromatic heterocycles. The van der Waals surface area contributed by atoms with E-state index in [2.05, 4.69) is 25.0 Å². The Hall–Kier alpha value is -2.04. The molecule has 0 unspecified atom stereocenters. The van der Waals surface area contributed by atoms with Gasteiger partial charge in [0.25, 0.3) is 0 Å². The fourth-order valence-corrected chi connectivity index (χ4v) is 2.98. The summed E-state index contributed by atoms with van der Waals surface area (Å²) in [5.74, 6) is 3.12. The second kappa shape index (κ2) is 7.89. The van der Waals surface area contributed by atoms with Crippen LogP contribution in [0.25, 0.3) is 0 Å². The van der Waals surface area contributed by atoms with Gasteiger partial charge in [0, 0.05) is 0 Å². The molecule has 0 saturated carbocycles. The van der Waals surface area contributed by atoms with Gasteiger partial charge in [-0.2, -0.15) is 0 Å². The molecule has 4 nitrogen and oxygen atoms in total. The van der Waals surface area contributed by atoms with Gasteiger partial charge in [0.05, 0.1) is 13.1 Å². The molecule has 0 aromatic carbocycles. The van der Waals surface area contributed by atoms with E-state index >= 15 is 0 Å². The molecular weight excluding hydrogens is 314 g/mol. The summed E-state index contributed by atoms with van der Waals surface area (Å²) in [6, 6.07) is 7.69. The predicted molar refractivity (Wildman–Crippen MR) is 100 cm³/mol. The molecule has 0 amide bonds. The molecule has 2 heterocycles. The van der Waals surface area contributed by atoms with Gasteiger partial charge < -0.3 is 13.9 Å². The number of nitrogens with zero attached hydrogens (tertiary/aromatic N) is 1. The maximum absolute atomic E-state index is 10.9. The lowest BCUT2D eigenvalue weighted by Gasteiger charge is -2.27. The van der Waals surface area contributed by atoms with Crippen LogP contribution in [0.4, 0.5) is 0 Å². The molecule has 0 spiro atoms. The second-order valence-corrected chi connectivity index (χ2v) is 6.76. The Balaban J connectivity index is 2.16. The monoisotopic (exact) mass is 343 g/mol. The molecule has 136 valence electrons. The van der Waals surface area contributed by atoms with Crippen LogP contribution in [0.2, 0.25) is 0 Å². The summed E-state index contributed by atoms with van der Waals surface area (Å²) in [6.45, 7) is 17.7.